The molecule has 0 radical (unpaired) electrons. The van der Waals surface area contributed by atoms with Crippen LogP contribution >= 0.6 is 15.9 Å². The van der Waals surface area contributed by atoms with Gasteiger partial charge in [-0.1, -0.05) is 22.0 Å². The Hall–Kier alpha value is -1.53. The summed E-state index contributed by atoms with van der Waals surface area (Å²) in [6, 6.07) is -0.874. The van der Waals surface area contributed by atoms with Gasteiger partial charge in [-0.15, -0.1) is 6.58 Å². The molecular formula is C24H36BrN3O7. The van der Waals surface area contributed by atoms with Crippen molar-refractivity contribution in [2.24, 2.45) is 11.8 Å². The van der Waals surface area contributed by atoms with Crippen LogP contribution in [0.5, 0.6) is 0 Å². The van der Waals surface area contributed by atoms with E-state index in [4.69, 9.17) is 14.2 Å². The summed E-state index contributed by atoms with van der Waals surface area (Å²) in [5, 5.41) is 9.47. The lowest BCUT2D eigenvalue weighted by Crippen LogP contribution is -2.57. The second-order valence-electron chi connectivity index (χ2n) is 9.55. The number of carbonyl (C=O) groups excluding carboxylic acids is 3. The van der Waals surface area contributed by atoms with E-state index in [0.29, 0.717) is 45.7 Å². The summed E-state index contributed by atoms with van der Waals surface area (Å²) in [4.78, 5) is 46.1. The van der Waals surface area contributed by atoms with Crippen molar-refractivity contribution in [1.29, 1.82) is 0 Å². The van der Waals surface area contributed by atoms with Crippen molar-refractivity contribution in [1.82, 2.24) is 14.7 Å². The zero-order valence-corrected chi connectivity index (χ0v) is 21.9. The number of carbonyl (C=O) groups is 3. The molecule has 0 aliphatic carbocycles. The quantitative estimate of drug-likeness (QED) is 0.215. The first kappa shape index (κ1) is 26.5. The minimum atomic E-state index is -1.11. The third-order valence-corrected chi connectivity index (χ3v) is 8.43. The number of hydrogen-bond acceptors (Lipinski definition) is 8. The number of ether oxygens (including phenoxy) is 3. The maximum absolute atomic E-state index is 14.1. The summed E-state index contributed by atoms with van der Waals surface area (Å²) in [6.45, 7) is 10.3. The molecule has 35 heavy (non-hydrogen) atoms. The van der Waals surface area contributed by atoms with Crippen molar-refractivity contribution >= 4 is 33.7 Å². The zero-order chi connectivity index (χ0) is 25.2. The molecule has 0 aromatic carbocycles. The summed E-state index contributed by atoms with van der Waals surface area (Å²) in [7, 11) is 0. The molecule has 2 bridgehead atoms. The van der Waals surface area contributed by atoms with E-state index in [2.05, 4.69) is 27.4 Å². The lowest BCUT2D eigenvalue weighted by molar-refractivity contribution is -0.154. The first-order valence-electron chi connectivity index (χ1n) is 12.5. The molecule has 0 aromatic heterocycles. The number of halogens is 1. The number of nitrogens with zero attached hydrogens (tertiary/aromatic N) is 3. The predicted molar refractivity (Wildman–Crippen MR) is 130 cm³/mol. The fraction of sp³-hybridized carbons (Fsp3) is 0.792. The molecule has 6 atom stereocenters. The van der Waals surface area contributed by atoms with E-state index < -0.39 is 35.6 Å². The van der Waals surface area contributed by atoms with Gasteiger partial charge in [-0.25, -0.2) is 0 Å². The number of esters is 1. The van der Waals surface area contributed by atoms with Crippen molar-refractivity contribution in [2.75, 3.05) is 65.7 Å². The van der Waals surface area contributed by atoms with Gasteiger partial charge >= 0.3 is 5.97 Å². The fourth-order valence-electron chi connectivity index (χ4n) is 6.11. The maximum Gasteiger partial charge on any atom is 0.312 e. The molecule has 4 saturated heterocycles. The summed E-state index contributed by atoms with van der Waals surface area (Å²) in [5.74, 6) is -2.50. The molecule has 0 saturated carbocycles. The van der Waals surface area contributed by atoms with E-state index in [1.165, 1.54) is 4.90 Å². The molecular weight excluding hydrogens is 522 g/mol. The maximum atomic E-state index is 14.1. The third kappa shape index (κ3) is 4.77. The molecule has 0 aromatic rings. The van der Waals surface area contributed by atoms with Crippen LogP contribution in [0.1, 0.15) is 19.8 Å². The summed E-state index contributed by atoms with van der Waals surface area (Å²) < 4.78 is 17.2. The molecule has 4 rings (SSSR count). The Balaban J connectivity index is 1.63. The van der Waals surface area contributed by atoms with Gasteiger partial charge in [0.2, 0.25) is 11.8 Å². The average molecular weight is 558 g/mol. The van der Waals surface area contributed by atoms with Gasteiger partial charge in [0.25, 0.3) is 0 Å². The lowest BCUT2D eigenvalue weighted by atomic mass is 9.70. The average Bonchev–Trinajstić information content (AvgIpc) is 3.44. The smallest absolute Gasteiger partial charge is 0.312 e. The third-order valence-electron chi connectivity index (χ3n) is 7.59. The van der Waals surface area contributed by atoms with Gasteiger partial charge in [-0.3, -0.25) is 19.3 Å². The van der Waals surface area contributed by atoms with Gasteiger partial charge in [0.15, 0.2) is 0 Å². The molecule has 11 heteroatoms. The summed E-state index contributed by atoms with van der Waals surface area (Å²) in [5.41, 5.74) is -1.11. The monoisotopic (exact) mass is 557 g/mol. The minimum Gasteiger partial charge on any atom is -0.466 e. The summed E-state index contributed by atoms with van der Waals surface area (Å²) in [6.07, 6.45) is 1.93. The number of fused-ring (bicyclic) bond motifs is 1. The van der Waals surface area contributed by atoms with Crippen LogP contribution in [0.4, 0.5) is 0 Å². The van der Waals surface area contributed by atoms with Crippen molar-refractivity contribution < 1.29 is 33.7 Å². The Morgan fingerprint density at radius 2 is 2.09 bits per heavy atom. The van der Waals surface area contributed by atoms with E-state index >= 15 is 0 Å². The van der Waals surface area contributed by atoms with Crippen LogP contribution < -0.4 is 0 Å². The predicted octanol–water partition coefficient (Wildman–Crippen LogP) is 0.0267. The largest absolute Gasteiger partial charge is 0.466 e. The van der Waals surface area contributed by atoms with Gasteiger partial charge in [-0.05, 0) is 19.8 Å². The molecule has 1 unspecified atom stereocenters. The Bertz CT molecular complexity index is 823. The van der Waals surface area contributed by atoms with Gasteiger partial charge in [0, 0.05) is 50.7 Å². The molecule has 196 valence electrons. The number of aliphatic hydroxyl groups is 1. The Morgan fingerprint density at radius 3 is 2.74 bits per heavy atom. The van der Waals surface area contributed by atoms with E-state index in [1.54, 1.807) is 17.9 Å². The van der Waals surface area contributed by atoms with E-state index in [0.717, 1.165) is 13.1 Å². The number of rotatable bonds is 11. The van der Waals surface area contributed by atoms with Gasteiger partial charge < -0.3 is 29.1 Å². The zero-order valence-electron chi connectivity index (χ0n) is 20.3. The summed E-state index contributed by atoms with van der Waals surface area (Å²) >= 11 is 3.64. The van der Waals surface area contributed by atoms with Crippen molar-refractivity contribution in [3.8, 4) is 0 Å². The number of alkyl halides is 1. The highest BCUT2D eigenvalue weighted by atomic mass is 79.9. The molecule has 1 spiro atoms. The second-order valence-corrected chi connectivity index (χ2v) is 10.7. The van der Waals surface area contributed by atoms with Gasteiger partial charge in [0.05, 0.1) is 37.8 Å². The van der Waals surface area contributed by atoms with Crippen LogP contribution in [0.15, 0.2) is 12.7 Å². The number of aliphatic hydroxyl groups excluding tert-OH is 1. The Morgan fingerprint density at radius 1 is 1.34 bits per heavy atom. The molecule has 4 fully saturated rings. The Labute approximate surface area is 214 Å². The first-order valence-corrected chi connectivity index (χ1v) is 13.4. The highest BCUT2D eigenvalue weighted by Crippen LogP contribution is 2.60. The van der Waals surface area contributed by atoms with E-state index in [1.807, 2.05) is 0 Å². The molecule has 10 nitrogen and oxygen atoms in total. The Kier molecular flexibility index (Phi) is 8.53. The number of hydrogen-bond donors (Lipinski definition) is 1. The number of amides is 2. The number of likely N-dealkylation sites (tertiary alicyclic amines) is 1. The number of morpholine rings is 1. The second kappa shape index (κ2) is 11.2. The standard InChI is InChI=1S/C24H36BrN3O7/c1-3-6-27(9-8-26-10-13-33-14-11-26)22(31)20-24-15-16(25)19(35-24)17(23(32)34-4-2)18(24)21(30)28(20)7-5-12-29/h3,16-20,29H,1,4-15H2,2H3/t16?,17-,18+,19-,20-,24+/m1/s1. The van der Waals surface area contributed by atoms with Gasteiger partial charge in [0.1, 0.15) is 11.6 Å². The molecule has 1 N–H and O–H groups in total. The van der Waals surface area contributed by atoms with Crippen LogP contribution in [0.2, 0.25) is 0 Å². The fourth-order valence-corrected chi connectivity index (χ4v) is 7.05. The SMILES string of the molecule is C=CCN(CCN1CCOCC1)C(=O)[C@H]1N(CCCO)C(=O)[C@@H]2[C@@H](C(=O)OCC)[C@@H]3O[C@@]21CC3Br. The molecule has 4 heterocycles. The van der Waals surface area contributed by atoms with Crippen LogP contribution in [0, 0.1) is 11.8 Å². The van der Waals surface area contributed by atoms with Crippen LogP contribution in [-0.2, 0) is 28.6 Å². The van der Waals surface area contributed by atoms with E-state index in [-0.39, 0.29) is 36.4 Å². The highest BCUT2D eigenvalue weighted by molar-refractivity contribution is 9.09. The van der Waals surface area contributed by atoms with Crippen molar-refractivity contribution in [2.45, 2.75) is 42.3 Å². The molecule has 4 aliphatic rings. The lowest BCUT2D eigenvalue weighted by Gasteiger charge is -2.37. The minimum absolute atomic E-state index is 0.110. The van der Waals surface area contributed by atoms with Gasteiger partial charge in [-0.2, -0.15) is 0 Å². The van der Waals surface area contributed by atoms with Crippen LogP contribution in [0.3, 0.4) is 0 Å². The van der Waals surface area contributed by atoms with Crippen molar-refractivity contribution in [3.63, 3.8) is 0 Å². The first-order chi connectivity index (χ1) is 16.9. The normalized spacial score (nSPS) is 34.2. The molecule has 2 amide bonds. The van der Waals surface area contributed by atoms with E-state index in [9.17, 15) is 19.5 Å². The van der Waals surface area contributed by atoms with Crippen LogP contribution in [0.25, 0.3) is 0 Å². The highest BCUT2D eigenvalue weighted by Gasteiger charge is 2.77. The van der Waals surface area contributed by atoms with Crippen LogP contribution in [-0.4, -0.2) is 126 Å². The topological polar surface area (TPSA) is 109 Å². The van der Waals surface area contributed by atoms with Crippen molar-refractivity contribution in [3.05, 3.63) is 12.7 Å². The molecule has 4 aliphatic heterocycles.